The van der Waals surface area contributed by atoms with E-state index < -0.39 is 0 Å². The molecule has 3 aromatic rings. The van der Waals surface area contributed by atoms with Gasteiger partial charge in [-0.3, -0.25) is 4.79 Å². The maximum atomic E-state index is 12.9. The van der Waals surface area contributed by atoms with Crippen LogP contribution in [0.1, 0.15) is 35.8 Å². The van der Waals surface area contributed by atoms with E-state index in [9.17, 15) is 10.1 Å². The zero-order valence-corrected chi connectivity index (χ0v) is 16.6. The number of nitrogens with one attached hydrogen (secondary N) is 1. The summed E-state index contributed by atoms with van der Waals surface area (Å²) in [5, 5.41) is 12.5. The fourth-order valence-electron chi connectivity index (χ4n) is 2.86. The Morgan fingerprint density at radius 2 is 1.83 bits per heavy atom. The second kappa shape index (κ2) is 9.47. The molecule has 0 saturated carbocycles. The van der Waals surface area contributed by atoms with Gasteiger partial charge in [0.2, 0.25) is 0 Å². The molecule has 0 atom stereocenters. The van der Waals surface area contributed by atoms with Crippen LogP contribution in [0.15, 0.2) is 60.7 Å². The number of hydrogen-bond acceptors (Lipinski definition) is 5. The molecule has 0 aliphatic heterocycles. The van der Waals surface area contributed by atoms with E-state index in [-0.39, 0.29) is 5.91 Å². The molecule has 6 nitrogen and oxygen atoms in total. The molecule has 0 spiro atoms. The molecule has 0 bridgehead atoms. The number of nitrogens with zero attached hydrogens (tertiary/aromatic N) is 4. The Morgan fingerprint density at radius 1 is 1.10 bits per heavy atom. The minimum Gasteiger partial charge on any atom is -0.340 e. The Hall–Kier alpha value is -3.72. The largest absolute Gasteiger partial charge is 0.340 e. The van der Waals surface area contributed by atoms with Crippen LogP contribution >= 0.6 is 0 Å². The maximum absolute atomic E-state index is 12.9. The lowest BCUT2D eigenvalue weighted by Crippen LogP contribution is -2.28. The summed E-state index contributed by atoms with van der Waals surface area (Å²) in [6.45, 7) is 2.76. The van der Waals surface area contributed by atoms with Crippen molar-refractivity contribution >= 4 is 17.4 Å². The molecule has 0 aliphatic carbocycles. The molecule has 29 heavy (non-hydrogen) atoms. The van der Waals surface area contributed by atoms with Gasteiger partial charge in [0.05, 0.1) is 11.3 Å². The Balaban J connectivity index is 2.01. The van der Waals surface area contributed by atoms with Gasteiger partial charge >= 0.3 is 0 Å². The van der Waals surface area contributed by atoms with E-state index in [1.807, 2.05) is 36.4 Å². The summed E-state index contributed by atoms with van der Waals surface area (Å²) in [4.78, 5) is 23.7. The van der Waals surface area contributed by atoms with Crippen molar-refractivity contribution in [2.45, 2.75) is 19.8 Å². The smallest absolute Gasteiger partial charge is 0.272 e. The lowest BCUT2D eigenvalue weighted by atomic mass is 10.2. The minimum atomic E-state index is -0.158. The number of carbonyl (C=O) groups excluding carboxylic acids is 1. The molecule has 0 fully saturated rings. The number of unbranched alkanes of at least 4 members (excludes halogenated alkanes) is 1. The third-order valence-electron chi connectivity index (χ3n) is 4.48. The zero-order chi connectivity index (χ0) is 20.6. The molecule has 0 saturated heterocycles. The van der Waals surface area contributed by atoms with E-state index in [0.717, 1.165) is 18.4 Å². The first-order valence-electron chi connectivity index (χ1n) is 9.58. The van der Waals surface area contributed by atoms with E-state index >= 15 is 0 Å². The summed E-state index contributed by atoms with van der Waals surface area (Å²) in [6.07, 6.45) is 1.94. The fourth-order valence-corrected chi connectivity index (χ4v) is 2.86. The van der Waals surface area contributed by atoms with Crippen LogP contribution in [-0.2, 0) is 0 Å². The zero-order valence-electron chi connectivity index (χ0n) is 16.6. The highest BCUT2D eigenvalue weighted by Crippen LogP contribution is 2.23. The van der Waals surface area contributed by atoms with Crippen molar-refractivity contribution in [3.8, 4) is 17.5 Å². The quantitative estimate of drug-likeness (QED) is 0.641. The van der Waals surface area contributed by atoms with Gasteiger partial charge in [-0.2, -0.15) is 5.26 Å². The van der Waals surface area contributed by atoms with E-state index in [0.29, 0.717) is 35.1 Å². The third-order valence-corrected chi connectivity index (χ3v) is 4.48. The Bertz CT molecular complexity index is 1030. The van der Waals surface area contributed by atoms with Gasteiger partial charge in [0, 0.05) is 25.2 Å². The predicted octanol–water partition coefficient (Wildman–Crippen LogP) is 4.63. The first-order valence-corrected chi connectivity index (χ1v) is 9.58. The van der Waals surface area contributed by atoms with Gasteiger partial charge < -0.3 is 10.2 Å². The third kappa shape index (κ3) is 4.96. The van der Waals surface area contributed by atoms with Crippen LogP contribution in [0.4, 0.5) is 11.5 Å². The van der Waals surface area contributed by atoms with Crippen molar-refractivity contribution in [2.75, 3.05) is 18.9 Å². The number of anilines is 2. The van der Waals surface area contributed by atoms with Crippen molar-refractivity contribution in [2.24, 2.45) is 0 Å². The van der Waals surface area contributed by atoms with Gasteiger partial charge in [-0.15, -0.1) is 0 Å². The molecule has 1 amide bonds. The molecule has 0 aliphatic rings. The van der Waals surface area contributed by atoms with Crippen molar-refractivity contribution in [3.05, 3.63) is 71.9 Å². The van der Waals surface area contributed by atoms with Gasteiger partial charge in [0.15, 0.2) is 5.82 Å². The summed E-state index contributed by atoms with van der Waals surface area (Å²) in [5.41, 5.74) is 2.26. The summed E-state index contributed by atoms with van der Waals surface area (Å²) in [6, 6.07) is 20.5. The minimum absolute atomic E-state index is 0.158. The molecule has 146 valence electrons. The number of aromatic nitrogens is 2. The summed E-state index contributed by atoms with van der Waals surface area (Å²) in [7, 11) is 1.78. The first-order chi connectivity index (χ1) is 14.1. The molecule has 1 aromatic heterocycles. The van der Waals surface area contributed by atoms with Gasteiger partial charge in [0.1, 0.15) is 17.6 Å². The van der Waals surface area contributed by atoms with Gasteiger partial charge in [-0.1, -0.05) is 55.8 Å². The lowest BCUT2D eigenvalue weighted by molar-refractivity contribution is 0.0787. The van der Waals surface area contributed by atoms with Crippen molar-refractivity contribution in [3.63, 3.8) is 0 Å². The van der Waals surface area contributed by atoms with Gasteiger partial charge in [0.25, 0.3) is 5.91 Å². The number of para-hydroxylation sites is 1. The van der Waals surface area contributed by atoms with Crippen LogP contribution in [0.3, 0.4) is 0 Å². The normalized spacial score (nSPS) is 10.2. The first kappa shape index (κ1) is 20.0. The van der Waals surface area contributed by atoms with Crippen LogP contribution in [0.2, 0.25) is 0 Å². The lowest BCUT2D eigenvalue weighted by Gasteiger charge is -2.17. The molecule has 3 rings (SSSR count). The Kier molecular flexibility index (Phi) is 6.54. The average Bonchev–Trinajstić information content (AvgIpc) is 2.77. The molecule has 0 unspecified atom stereocenters. The maximum Gasteiger partial charge on any atom is 0.272 e. The van der Waals surface area contributed by atoms with Crippen molar-refractivity contribution in [1.29, 1.82) is 5.26 Å². The van der Waals surface area contributed by atoms with Crippen molar-refractivity contribution < 1.29 is 4.79 Å². The van der Waals surface area contributed by atoms with Crippen LogP contribution in [-0.4, -0.2) is 34.4 Å². The van der Waals surface area contributed by atoms with Crippen LogP contribution in [0, 0.1) is 11.3 Å². The molecule has 0 radical (unpaired) electrons. The van der Waals surface area contributed by atoms with Crippen LogP contribution in [0.5, 0.6) is 0 Å². The van der Waals surface area contributed by atoms with Gasteiger partial charge in [-0.05, 0) is 18.6 Å². The fraction of sp³-hybridized carbons (Fsp3) is 0.217. The van der Waals surface area contributed by atoms with Crippen molar-refractivity contribution in [1.82, 2.24) is 14.9 Å². The van der Waals surface area contributed by atoms with Crippen LogP contribution in [0.25, 0.3) is 11.4 Å². The van der Waals surface area contributed by atoms with E-state index in [1.54, 1.807) is 36.2 Å². The monoisotopic (exact) mass is 385 g/mol. The van der Waals surface area contributed by atoms with Gasteiger partial charge in [-0.25, -0.2) is 9.97 Å². The molecular formula is C23H23N5O. The average molecular weight is 385 g/mol. The standard InChI is InChI=1S/C23H23N5O/c1-3-4-14-28(2)23(29)20-15-21(25-19-13-9-8-12-18(19)16-24)27-22(26-20)17-10-6-5-7-11-17/h5-13,15H,3-4,14H2,1-2H3,(H,25,26,27). The molecule has 6 heteroatoms. The topological polar surface area (TPSA) is 81.9 Å². The van der Waals surface area contributed by atoms with E-state index in [4.69, 9.17) is 0 Å². The second-order valence-corrected chi connectivity index (χ2v) is 6.69. The SMILES string of the molecule is CCCCN(C)C(=O)c1cc(Nc2ccccc2C#N)nc(-c2ccccc2)n1. The molecule has 2 aromatic carbocycles. The Morgan fingerprint density at radius 3 is 2.55 bits per heavy atom. The number of carbonyl (C=O) groups is 1. The van der Waals surface area contributed by atoms with Crippen LogP contribution < -0.4 is 5.32 Å². The highest BCUT2D eigenvalue weighted by atomic mass is 16.2. The Labute approximate surface area is 170 Å². The molecular weight excluding hydrogens is 362 g/mol. The second-order valence-electron chi connectivity index (χ2n) is 6.69. The summed E-state index contributed by atoms with van der Waals surface area (Å²) < 4.78 is 0. The highest BCUT2D eigenvalue weighted by Gasteiger charge is 2.17. The molecule has 1 heterocycles. The number of nitriles is 1. The molecule has 1 N–H and O–H groups in total. The number of benzene rings is 2. The number of rotatable bonds is 7. The summed E-state index contributed by atoms with van der Waals surface area (Å²) >= 11 is 0. The summed E-state index contributed by atoms with van der Waals surface area (Å²) in [5.74, 6) is 0.765. The number of hydrogen-bond donors (Lipinski definition) is 1. The predicted molar refractivity (Wildman–Crippen MR) is 114 cm³/mol. The van der Waals surface area contributed by atoms with E-state index in [1.165, 1.54) is 0 Å². The van der Waals surface area contributed by atoms with E-state index in [2.05, 4.69) is 28.3 Å². The number of amides is 1. The highest BCUT2D eigenvalue weighted by molar-refractivity contribution is 5.93.